The quantitative estimate of drug-likeness (QED) is 0.310. The lowest BCUT2D eigenvalue weighted by Crippen LogP contribution is -2.30. The number of carbonyl (C=O) groups is 2. The van der Waals surface area contributed by atoms with Crippen LogP contribution in [-0.2, 0) is 9.59 Å². The molecule has 176 valence electrons. The zero-order chi connectivity index (χ0) is 24.1. The second kappa shape index (κ2) is 10.6. The molecule has 0 aromatic heterocycles. The first-order valence-corrected chi connectivity index (χ1v) is 11.5. The number of aliphatic hydroxyl groups is 1. The first-order chi connectivity index (χ1) is 15.7. The van der Waals surface area contributed by atoms with E-state index < -0.39 is 17.7 Å². The highest BCUT2D eigenvalue weighted by molar-refractivity contribution is 6.46. The summed E-state index contributed by atoms with van der Waals surface area (Å²) in [7, 11) is 0. The maximum absolute atomic E-state index is 13.1. The summed E-state index contributed by atoms with van der Waals surface area (Å²) in [5, 5.41) is 11.2. The third kappa shape index (κ3) is 5.56. The van der Waals surface area contributed by atoms with Gasteiger partial charge in [-0.2, -0.15) is 0 Å². The topological polar surface area (TPSA) is 76.1 Å². The number of hydrogen-bond acceptors (Lipinski definition) is 5. The van der Waals surface area contributed by atoms with Crippen LogP contribution < -0.4 is 9.47 Å². The number of ketones is 1. The molecular formula is C27H33NO5. The maximum atomic E-state index is 13.1. The number of nitrogens with zero attached hydrogens (tertiary/aromatic N) is 1. The summed E-state index contributed by atoms with van der Waals surface area (Å²) >= 11 is 0. The van der Waals surface area contributed by atoms with Crippen LogP contribution in [0.1, 0.15) is 64.6 Å². The van der Waals surface area contributed by atoms with Gasteiger partial charge in [0.2, 0.25) is 0 Å². The van der Waals surface area contributed by atoms with Gasteiger partial charge < -0.3 is 19.5 Å². The van der Waals surface area contributed by atoms with Crippen molar-refractivity contribution in [3.8, 4) is 11.5 Å². The minimum Gasteiger partial charge on any atom is -0.507 e. The Hall–Kier alpha value is -3.28. The van der Waals surface area contributed by atoms with Gasteiger partial charge in [-0.25, -0.2) is 0 Å². The number of benzene rings is 2. The number of aliphatic hydroxyl groups excluding tert-OH is 1. The van der Waals surface area contributed by atoms with Crippen molar-refractivity contribution in [2.75, 3.05) is 6.54 Å². The van der Waals surface area contributed by atoms with Crippen LogP contribution in [0.5, 0.6) is 11.5 Å². The summed E-state index contributed by atoms with van der Waals surface area (Å²) in [5.41, 5.74) is 1.24. The number of ether oxygens (including phenoxy) is 2. The number of amides is 1. The summed E-state index contributed by atoms with van der Waals surface area (Å²) in [6.45, 7) is 10.2. The highest BCUT2D eigenvalue weighted by atomic mass is 16.5. The highest BCUT2D eigenvalue weighted by Crippen LogP contribution is 2.40. The smallest absolute Gasteiger partial charge is 0.295 e. The summed E-state index contributed by atoms with van der Waals surface area (Å²) in [6, 6.07) is 13.6. The third-order valence-corrected chi connectivity index (χ3v) is 5.32. The predicted octanol–water partition coefficient (Wildman–Crippen LogP) is 5.48. The van der Waals surface area contributed by atoms with Crippen LogP contribution in [0, 0.1) is 0 Å². The highest BCUT2D eigenvalue weighted by Gasteiger charge is 2.45. The van der Waals surface area contributed by atoms with Crippen LogP contribution in [-0.4, -0.2) is 40.4 Å². The van der Waals surface area contributed by atoms with Gasteiger partial charge >= 0.3 is 0 Å². The Morgan fingerprint density at radius 3 is 2.18 bits per heavy atom. The summed E-state index contributed by atoms with van der Waals surface area (Å²) in [6.07, 6.45) is 1.57. The molecule has 6 nitrogen and oxygen atoms in total. The molecule has 0 saturated carbocycles. The zero-order valence-corrected chi connectivity index (χ0v) is 20.0. The van der Waals surface area contributed by atoms with E-state index in [-0.39, 0.29) is 23.5 Å². The fourth-order valence-corrected chi connectivity index (χ4v) is 3.96. The third-order valence-electron chi connectivity index (χ3n) is 5.32. The molecule has 1 saturated heterocycles. The fourth-order valence-electron chi connectivity index (χ4n) is 3.96. The van der Waals surface area contributed by atoms with Gasteiger partial charge in [0.15, 0.2) is 0 Å². The lowest BCUT2D eigenvalue weighted by atomic mass is 9.95. The first-order valence-electron chi connectivity index (χ1n) is 11.5. The van der Waals surface area contributed by atoms with E-state index in [1.807, 2.05) is 58.9 Å². The van der Waals surface area contributed by atoms with E-state index in [1.54, 1.807) is 29.2 Å². The van der Waals surface area contributed by atoms with Crippen LogP contribution in [0.4, 0.5) is 0 Å². The lowest BCUT2D eigenvalue weighted by Gasteiger charge is -2.25. The van der Waals surface area contributed by atoms with Crippen molar-refractivity contribution >= 4 is 17.4 Å². The van der Waals surface area contributed by atoms with Gasteiger partial charge in [-0.15, -0.1) is 0 Å². The van der Waals surface area contributed by atoms with Crippen LogP contribution in [0.3, 0.4) is 0 Å². The average molecular weight is 452 g/mol. The van der Waals surface area contributed by atoms with Crippen molar-refractivity contribution in [2.24, 2.45) is 0 Å². The van der Waals surface area contributed by atoms with Crippen molar-refractivity contribution in [3.63, 3.8) is 0 Å². The molecule has 1 aliphatic heterocycles. The van der Waals surface area contributed by atoms with Gasteiger partial charge in [0.1, 0.15) is 17.3 Å². The van der Waals surface area contributed by atoms with Gasteiger partial charge in [-0.3, -0.25) is 9.59 Å². The molecular weight excluding hydrogens is 418 g/mol. The van der Waals surface area contributed by atoms with Crippen molar-refractivity contribution in [3.05, 3.63) is 65.2 Å². The zero-order valence-electron chi connectivity index (χ0n) is 20.0. The Bertz CT molecular complexity index is 1040. The molecule has 6 heteroatoms. The normalized spacial score (nSPS) is 17.8. The number of unbranched alkanes of at least 4 members (excludes halogenated alkanes) is 1. The minimum atomic E-state index is -0.693. The van der Waals surface area contributed by atoms with Gasteiger partial charge in [0, 0.05) is 12.1 Å². The molecule has 0 spiro atoms. The maximum Gasteiger partial charge on any atom is 0.295 e. The van der Waals surface area contributed by atoms with E-state index in [1.165, 1.54) is 0 Å². The Morgan fingerprint density at radius 2 is 1.58 bits per heavy atom. The molecule has 0 bridgehead atoms. The molecule has 33 heavy (non-hydrogen) atoms. The molecule has 2 aromatic rings. The summed E-state index contributed by atoms with van der Waals surface area (Å²) in [5.74, 6) is -0.255. The molecule has 2 aromatic carbocycles. The van der Waals surface area contributed by atoms with Gasteiger partial charge in [0.25, 0.3) is 11.7 Å². The largest absolute Gasteiger partial charge is 0.507 e. The average Bonchev–Trinajstić information content (AvgIpc) is 3.01. The lowest BCUT2D eigenvalue weighted by molar-refractivity contribution is -0.139. The second-order valence-corrected chi connectivity index (χ2v) is 8.78. The van der Waals surface area contributed by atoms with Crippen LogP contribution in [0.2, 0.25) is 0 Å². The number of likely N-dealkylation sites (tertiary alicyclic amines) is 1. The second-order valence-electron chi connectivity index (χ2n) is 8.78. The first kappa shape index (κ1) is 24.4. The summed E-state index contributed by atoms with van der Waals surface area (Å²) in [4.78, 5) is 27.7. The van der Waals surface area contributed by atoms with E-state index in [0.717, 1.165) is 18.4 Å². The van der Waals surface area contributed by atoms with Crippen LogP contribution in [0.25, 0.3) is 5.76 Å². The van der Waals surface area contributed by atoms with Gasteiger partial charge in [-0.05, 0) is 63.9 Å². The molecule has 0 radical (unpaired) electrons. The Morgan fingerprint density at radius 1 is 0.970 bits per heavy atom. The van der Waals surface area contributed by atoms with E-state index in [0.29, 0.717) is 23.6 Å². The molecule has 1 fully saturated rings. The summed E-state index contributed by atoms with van der Waals surface area (Å²) < 4.78 is 11.6. The van der Waals surface area contributed by atoms with E-state index in [2.05, 4.69) is 0 Å². The number of carbonyl (C=O) groups excluding carboxylic acids is 2. The molecule has 1 atom stereocenters. The van der Waals surface area contributed by atoms with Crippen molar-refractivity contribution in [2.45, 2.75) is 65.7 Å². The molecule has 1 unspecified atom stereocenters. The molecule has 1 amide bonds. The van der Waals surface area contributed by atoms with Crippen molar-refractivity contribution in [1.82, 2.24) is 4.90 Å². The van der Waals surface area contributed by atoms with E-state index >= 15 is 0 Å². The van der Waals surface area contributed by atoms with E-state index in [9.17, 15) is 14.7 Å². The monoisotopic (exact) mass is 451 g/mol. The van der Waals surface area contributed by atoms with Crippen LogP contribution >= 0.6 is 0 Å². The SMILES string of the molecule is CCCCN1C(=O)C(=O)/C(=C(\O)c2cccc(OC(C)C)c2)C1c1cccc(OC(C)C)c1. The fraction of sp³-hybridized carbons (Fsp3) is 0.407. The van der Waals surface area contributed by atoms with E-state index in [4.69, 9.17) is 9.47 Å². The predicted molar refractivity (Wildman–Crippen MR) is 128 cm³/mol. The molecule has 1 heterocycles. The Balaban J connectivity index is 2.13. The number of rotatable bonds is 9. The van der Waals surface area contributed by atoms with Crippen molar-refractivity contribution < 1.29 is 24.2 Å². The van der Waals surface area contributed by atoms with Gasteiger partial charge in [-0.1, -0.05) is 37.6 Å². The Labute approximate surface area is 195 Å². The molecule has 3 rings (SSSR count). The molecule has 1 aliphatic rings. The van der Waals surface area contributed by atoms with Crippen LogP contribution in [0.15, 0.2) is 54.1 Å². The molecule has 1 N–H and O–H groups in total. The minimum absolute atomic E-state index is 0.0181. The number of Topliss-reactive ketones (excluding diaryl/α,β-unsaturated/α-hetero) is 1. The van der Waals surface area contributed by atoms with Crippen molar-refractivity contribution in [1.29, 1.82) is 0 Å². The molecule has 0 aliphatic carbocycles. The Kier molecular flexibility index (Phi) is 7.79. The van der Waals surface area contributed by atoms with Gasteiger partial charge in [0.05, 0.1) is 23.8 Å². The standard InChI is InChI=1S/C27H33NO5/c1-6-7-14-28-24(19-10-8-12-21(15-19)32-17(2)3)23(26(30)27(28)31)25(29)20-11-9-13-22(16-20)33-18(4)5/h8-13,15-18,24,29H,6-7,14H2,1-5H3/b25-23-. The number of hydrogen-bond donors (Lipinski definition) is 1.